The highest BCUT2D eigenvalue weighted by Crippen LogP contribution is 2.42. The smallest absolute Gasteiger partial charge is 0.297 e. The van der Waals surface area contributed by atoms with Gasteiger partial charge < -0.3 is 4.42 Å². The van der Waals surface area contributed by atoms with Crippen molar-refractivity contribution in [3.63, 3.8) is 0 Å². The standard InChI is InChI=1S/C24H20ClN3O3S2/c1-12(2)10-18-26-27-24(33-18)28-20(13-4-7-15(32-3)8-5-13)19-21(29)16-11-14(25)6-9-17(16)31-22(19)23(28)30/h4-9,11-12,20H,10H2,1-3H3. The number of carbonyl (C=O) groups excluding carboxylic acids is 1. The lowest BCUT2D eigenvalue weighted by molar-refractivity contribution is 0.0970. The molecule has 1 amide bonds. The minimum absolute atomic E-state index is 0.0365. The summed E-state index contributed by atoms with van der Waals surface area (Å²) in [6, 6.07) is 12.0. The lowest BCUT2D eigenvalue weighted by atomic mass is 9.99. The summed E-state index contributed by atoms with van der Waals surface area (Å²) in [5, 5.41) is 10.7. The van der Waals surface area contributed by atoms with Gasteiger partial charge in [-0.3, -0.25) is 14.5 Å². The topological polar surface area (TPSA) is 76.3 Å². The number of anilines is 1. The van der Waals surface area contributed by atoms with Crippen molar-refractivity contribution in [2.24, 2.45) is 5.92 Å². The number of nitrogens with zero attached hydrogens (tertiary/aromatic N) is 3. The van der Waals surface area contributed by atoms with Crippen LogP contribution in [-0.4, -0.2) is 22.4 Å². The summed E-state index contributed by atoms with van der Waals surface area (Å²) in [7, 11) is 0. The van der Waals surface area contributed by atoms with Gasteiger partial charge in [0.25, 0.3) is 5.91 Å². The Bertz CT molecular complexity index is 1430. The van der Waals surface area contributed by atoms with E-state index in [9.17, 15) is 9.59 Å². The van der Waals surface area contributed by atoms with E-state index in [1.54, 1.807) is 30.0 Å². The van der Waals surface area contributed by atoms with E-state index >= 15 is 0 Å². The molecule has 2 aromatic heterocycles. The molecule has 0 saturated carbocycles. The van der Waals surface area contributed by atoms with Crippen molar-refractivity contribution in [3.05, 3.63) is 79.6 Å². The Morgan fingerprint density at radius 3 is 2.61 bits per heavy atom. The summed E-state index contributed by atoms with van der Waals surface area (Å²) < 4.78 is 5.97. The van der Waals surface area contributed by atoms with Crippen molar-refractivity contribution in [2.75, 3.05) is 11.2 Å². The minimum atomic E-state index is -0.664. The molecule has 1 aliphatic heterocycles. The molecule has 3 heterocycles. The van der Waals surface area contributed by atoms with E-state index in [0.29, 0.717) is 32.6 Å². The van der Waals surface area contributed by atoms with E-state index in [1.165, 1.54) is 16.2 Å². The number of aromatic nitrogens is 2. The van der Waals surface area contributed by atoms with Gasteiger partial charge in [0, 0.05) is 16.3 Å². The molecule has 5 rings (SSSR count). The number of hydrogen-bond acceptors (Lipinski definition) is 7. The van der Waals surface area contributed by atoms with Gasteiger partial charge in [-0.05, 0) is 48.1 Å². The fraction of sp³-hybridized carbons (Fsp3) is 0.250. The summed E-state index contributed by atoms with van der Waals surface area (Å²) in [4.78, 5) is 29.8. The zero-order chi connectivity index (χ0) is 23.3. The average Bonchev–Trinajstić information content (AvgIpc) is 3.36. The lowest BCUT2D eigenvalue weighted by Gasteiger charge is -2.22. The van der Waals surface area contributed by atoms with Gasteiger partial charge in [-0.15, -0.1) is 22.0 Å². The van der Waals surface area contributed by atoms with E-state index in [0.717, 1.165) is 21.9 Å². The van der Waals surface area contributed by atoms with E-state index in [2.05, 4.69) is 24.0 Å². The van der Waals surface area contributed by atoms with Crippen LogP contribution >= 0.6 is 34.7 Å². The third kappa shape index (κ3) is 3.86. The SMILES string of the molecule is CSc1ccc(C2c3c(oc4ccc(Cl)cc4c3=O)C(=O)N2c2nnc(CC(C)C)s2)cc1. The molecular formula is C24H20ClN3O3S2. The quantitative estimate of drug-likeness (QED) is 0.316. The number of rotatable bonds is 5. The second-order valence-electron chi connectivity index (χ2n) is 8.24. The largest absolute Gasteiger partial charge is 0.450 e. The summed E-state index contributed by atoms with van der Waals surface area (Å²) in [6.45, 7) is 4.21. The Morgan fingerprint density at radius 2 is 1.91 bits per heavy atom. The first kappa shape index (κ1) is 22.1. The number of fused-ring (bicyclic) bond motifs is 2. The molecule has 4 aromatic rings. The zero-order valence-corrected chi connectivity index (χ0v) is 20.6. The highest BCUT2D eigenvalue weighted by Gasteiger charge is 2.45. The van der Waals surface area contributed by atoms with Crippen LogP contribution in [-0.2, 0) is 6.42 Å². The summed E-state index contributed by atoms with van der Waals surface area (Å²) in [5.41, 5.74) is 1.16. The van der Waals surface area contributed by atoms with Gasteiger partial charge >= 0.3 is 0 Å². The first-order chi connectivity index (χ1) is 15.9. The van der Waals surface area contributed by atoms with Gasteiger partial charge in [-0.1, -0.05) is 48.9 Å². The molecule has 9 heteroatoms. The van der Waals surface area contributed by atoms with Crippen molar-refractivity contribution < 1.29 is 9.21 Å². The van der Waals surface area contributed by atoms with Gasteiger partial charge in [0.05, 0.1) is 17.0 Å². The molecular weight excluding hydrogens is 478 g/mol. The second kappa shape index (κ2) is 8.59. The molecule has 1 unspecified atom stereocenters. The normalized spacial score (nSPS) is 15.6. The van der Waals surface area contributed by atoms with Crippen LogP contribution in [0.25, 0.3) is 11.0 Å². The molecule has 0 radical (unpaired) electrons. The monoisotopic (exact) mass is 497 g/mol. The maximum Gasteiger partial charge on any atom is 0.297 e. The molecule has 0 fully saturated rings. The van der Waals surface area contributed by atoms with Crippen molar-refractivity contribution in [1.82, 2.24) is 10.2 Å². The fourth-order valence-electron chi connectivity index (χ4n) is 4.02. The van der Waals surface area contributed by atoms with Gasteiger partial charge in [0.15, 0.2) is 5.43 Å². The molecule has 0 aliphatic carbocycles. The van der Waals surface area contributed by atoms with Crippen LogP contribution < -0.4 is 10.3 Å². The van der Waals surface area contributed by atoms with Crippen LogP contribution in [0.1, 0.15) is 46.6 Å². The maximum absolute atomic E-state index is 13.6. The molecule has 168 valence electrons. The van der Waals surface area contributed by atoms with Crippen LogP contribution in [0.5, 0.6) is 0 Å². The van der Waals surface area contributed by atoms with E-state index in [-0.39, 0.29) is 11.2 Å². The van der Waals surface area contributed by atoms with Crippen LogP contribution in [0, 0.1) is 5.92 Å². The molecule has 0 spiro atoms. The van der Waals surface area contributed by atoms with Crippen molar-refractivity contribution in [1.29, 1.82) is 0 Å². The minimum Gasteiger partial charge on any atom is -0.450 e. The first-order valence-electron chi connectivity index (χ1n) is 10.4. The van der Waals surface area contributed by atoms with Crippen molar-refractivity contribution in [3.8, 4) is 0 Å². The Kier molecular flexibility index (Phi) is 5.76. The van der Waals surface area contributed by atoms with Gasteiger partial charge in [0.1, 0.15) is 10.6 Å². The fourth-order valence-corrected chi connectivity index (χ4v) is 5.68. The predicted octanol–water partition coefficient (Wildman–Crippen LogP) is 5.97. The number of carbonyl (C=O) groups is 1. The Hall–Kier alpha value is -2.68. The number of halogens is 1. The third-order valence-corrected chi connectivity index (χ3v) is 7.43. The molecule has 0 bridgehead atoms. The zero-order valence-electron chi connectivity index (χ0n) is 18.2. The summed E-state index contributed by atoms with van der Waals surface area (Å²) in [6.07, 6.45) is 2.76. The average molecular weight is 498 g/mol. The number of hydrogen-bond donors (Lipinski definition) is 0. The van der Waals surface area contributed by atoms with Crippen LogP contribution in [0.3, 0.4) is 0 Å². The molecule has 33 heavy (non-hydrogen) atoms. The number of amides is 1. The summed E-state index contributed by atoms with van der Waals surface area (Å²) >= 11 is 9.14. The van der Waals surface area contributed by atoms with E-state index < -0.39 is 11.9 Å². The van der Waals surface area contributed by atoms with Crippen LogP contribution in [0.4, 0.5) is 5.13 Å². The Morgan fingerprint density at radius 1 is 1.15 bits per heavy atom. The number of benzene rings is 2. The van der Waals surface area contributed by atoms with E-state index in [1.807, 2.05) is 30.5 Å². The Labute approximate surface area is 203 Å². The molecule has 0 N–H and O–H groups in total. The molecule has 0 saturated heterocycles. The van der Waals surface area contributed by atoms with Gasteiger partial charge in [-0.25, -0.2) is 0 Å². The van der Waals surface area contributed by atoms with Crippen molar-refractivity contribution >= 4 is 56.7 Å². The Balaban J connectivity index is 1.73. The third-order valence-electron chi connectivity index (χ3n) is 5.51. The lowest BCUT2D eigenvalue weighted by Crippen LogP contribution is -2.29. The highest BCUT2D eigenvalue weighted by molar-refractivity contribution is 7.98. The molecule has 1 aliphatic rings. The maximum atomic E-state index is 13.6. The van der Waals surface area contributed by atoms with E-state index in [4.69, 9.17) is 16.0 Å². The van der Waals surface area contributed by atoms with Gasteiger partial charge in [0.2, 0.25) is 10.9 Å². The molecule has 6 nitrogen and oxygen atoms in total. The number of thioether (sulfide) groups is 1. The van der Waals surface area contributed by atoms with Crippen LogP contribution in [0.15, 0.2) is 56.6 Å². The van der Waals surface area contributed by atoms with Crippen molar-refractivity contribution in [2.45, 2.75) is 31.2 Å². The highest BCUT2D eigenvalue weighted by atomic mass is 35.5. The predicted molar refractivity (Wildman–Crippen MR) is 133 cm³/mol. The van der Waals surface area contributed by atoms with Gasteiger partial charge in [-0.2, -0.15) is 0 Å². The van der Waals surface area contributed by atoms with Crippen LogP contribution in [0.2, 0.25) is 5.02 Å². The molecule has 1 atom stereocenters. The second-order valence-corrected chi connectivity index (χ2v) is 10.6. The first-order valence-corrected chi connectivity index (χ1v) is 12.9. The molecule has 2 aromatic carbocycles. The summed E-state index contributed by atoms with van der Waals surface area (Å²) in [5.74, 6) is 0.0463.